The summed E-state index contributed by atoms with van der Waals surface area (Å²) in [7, 11) is 0. The van der Waals surface area contributed by atoms with E-state index in [1.807, 2.05) is 12.1 Å². The zero-order valence-corrected chi connectivity index (χ0v) is 12.0. The summed E-state index contributed by atoms with van der Waals surface area (Å²) in [5, 5.41) is 15.2. The highest BCUT2D eigenvalue weighted by atomic mass is 35.5. The van der Waals surface area contributed by atoms with Gasteiger partial charge < -0.3 is 5.32 Å². The highest BCUT2D eigenvalue weighted by Crippen LogP contribution is 2.22. The fourth-order valence-corrected chi connectivity index (χ4v) is 2.14. The molecule has 0 aliphatic heterocycles. The van der Waals surface area contributed by atoms with Gasteiger partial charge in [-0.3, -0.25) is 10.1 Å². The van der Waals surface area contributed by atoms with Crippen LogP contribution >= 0.6 is 23.2 Å². The third-order valence-corrected chi connectivity index (χ3v) is 3.28. The van der Waals surface area contributed by atoms with Gasteiger partial charge in [0.1, 0.15) is 0 Å². The number of nitro groups is 1. The summed E-state index contributed by atoms with van der Waals surface area (Å²) in [4.78, 5) is 10.5. The van der Waals surface area contributed by atoms with Crippen LogP contribution in [0.25, 0.3) is 0 Å². The molecule has 2 aromatic rings. The Bertz CT molecular complexity index is 615. The monoisotopic (exact) mass is 310 g/mol. The van der Waals surface area contributed by atoms with Gasteiger partial charge in [-0.05, 0) is 29.8 Å². The molecule has 0 saturated carbocycles. The molecule has 0 amide bonds. The van der Waals surface area contributed by atoms with Crippen molar-refractivity contribution >= 4 is 28.9 Å². The second-order valence-corrected chi connectivity index (χ2v) is 5.13. The van der Waals surface area contributed by atoms with Crippen LogP contribution in [0.15, 0.2) is 42.5 Å². The van der Waals surface area contributed by atoms with Gasteiger partial charge >= 0.3 is 0 Å². The molecule has 0 heterocycles. The maximum Gasteiger partial charge on any atom is 0.273 e. The van der Waals surface area contributed by atoms with Gasteiger partial charge in [0, 0.05) is 34.8 Å². The van der Waals surface area contributed by atoms with E-state index in [-0.39, 0.29) is 5.69 Å². The molecule has 0 fully saturated rings. The van der Waals surface area contributed by atoms with Gasteiger partial charge in [0.05, 0.1) is 4.92 Å². The second kappa shape index (κ2) is 6.70. The first-order chi connectivity index (χ1) is 9.56. The smallest absolute Gasteiger partial charge is 0.273 e. The Labute approximate surface area is 126 Å². The largest absolute Gasteiger partial charge is 0.308 e. The van der Waals surface area contributed by atoms with Crippen molar-refractivity contribution in [2.24, 2.45) is 0 Å². The number of hydrogen-bond acceptors (Lipinski definition) is 3. The van der Waals surface area contributed by atoms with Crippen molar-refractivity contribution < 1.29 is 4.92 Å². The van der Waals surface area contributed by atoms with Crippen molar-refractivity contribution in [1.82, 2.24) is 5.32 Å². The Morgan fingerprint density at radius 1 is 1.00 bits per heavy atom. The number of halogens is 2. The lowest BCUT2D eigenvalue weighted by atomic mass is 10.1. The quantitative estimate of drug-likeness (QED) is 0.665. The predicted molar refractivity (Wildman–Crippen MR) is 80.1 cm³/mol. The number of hydrogen-bond donors (Lipinski definition) is 1. The first-order valence-corrected chi connectivity index (χ1v) is 6.70. The van der Waals surface area contributed by atoms with Gasteiger partial charge in [-0.1, -0.05) is 35.3 Å². The second-order valence-electron chi connectivity index (χ2n) is 4.26. The van der Waals surface area contributed by atoms with E-state index in [0.29, 0.717) is 28.7 Å². The summed E-state index contributed by atoms with van der Waals surface area (Å²) < 4.78 is 0. The van der Waals surface area contributed by atoms with Gasteiger partial charge in [0.2, 0.25) is 0 Å². The molecule has 0 spiro atoms. The Balaban J connectivity index is 2.02. The van der Waals surface area contributed by atoms with E-state index in [2.05, 4.69) is 5.32 Å². The van der Waals surface area contributed by atoms with E-state index in [9.17, 15) is 10.1 Å². The molecular weight excluding hydrogens is 299 g/mol. The molecule has 0 radical (unpaired) electrons. The minimum atomic E-state index is -0.407. The van der Waals surface area contributed by atoms with Crippen LogP contribution in [0, 0.1) is 10.1 Å². The minimum absolute atomic E-state index is 0.0676. The lowest BCUT2D eigenvalue weighted by molar-refractivity contribution is -0.385. The van der Waals surface area contributed by atoms with Crippen molar-refractivity contribution in [2.75, 3.05) is 0 Å². The molecule has 2 aromatic carbocycles. The lowest BCUT2D eigenvalue weighted by Gasteiger charge is -2.06. The SMILES string of the molecule is O=[N+]([O-])c1ccc(Cl)cc1CNCc1ccc(Cl)cc1. The number of nitro benzene ring substituents is 1. The topological polar surface area (TPSA) is 55.2 Å². The van der Waals surface area contributed by atoms with Crippen LogP contribution in [0.2, 0.25) is 10.0 Å². The molecule has 0 aromatic heterocycles. The van der Waals surface area contributed by atoms with Crippen LogP contribution in [0.4, 0.5) is 5.69 Å². The lowest BCUT2D eigenvalue weighted by Crippen LogP contribution is -2.13. The van der Waals surface area contributed by atoms with Crippen LogP contribution in [0.1, 0.15) is 11.1 Å². The van der Waals surface area contributed by atoms with Gasteiger partial charge in [0.15, 0.2) is 0 Å². The third-order valence-electron chi connectivity index (χ3n) is 2.80. The highest BCUT2D eigenvalue weighted by Gasteiger charge is 2.13. The van der Waals surface area contributed by atoms with E-state index in [1.54, 1.807) is 18.2 Å². The fourth-order valence-electron chi connectivity index (χ4n) is 1.82. The van der Waals surface area contributed by atoms with E-state index in [4.69, 9.17) is 23.2 Å². The maximum atomic E-state index is 10.9. The zero-order chi connectivity index (χ0) is 14.5. The summed E-state index contributed by atoms with van der Waals surface area (Å²) >= 11 is 11.7. The molecule has 0 aliphatic rings. The molecule has 104 valence electrons. The maximum absolute atomic E-state index is 10.9. The summed E-state index contributed by atoms with van der Waals surface area (Å²) in [6.45, 7) is 0.973. The number of nitrogens with zero attached hydrogens (tertiary/aromatic N) is 1. The predicted octanol–water partition coefficient (Wildman–Crippen LogP) is 4.19. The van der Waals surface area contributed by atoms with Crippen molar-refractivity contribution in [3.63, 3.8) is 0 Å². The third kappa shape index (κ3) is 3.93. The Hall–Kier alpha value is -1.62. The summed E-state index contributed by atoms with van der Waals surface area (Å²) in [6, 6.07) is 12.0. The van der Waals surface area contributed by atoms with Crippen LogP contribution < -0.4 is 5.32 Å². The van der Waals surface area contributed by atoms with Gasteiger partial charge in [-0.25, -0.2) is 0 Å². The molecule has 0 saturated heterocycles. The molecule has 4 nitrogen and oxygen atoms in total. The van der Waals surface area contributed by atoms with Crippen LogP contribution in [0.5, 0.6) is 0 Å². The Kier molecular flexibility index (Phi) is 4.95. The van der Waals surface area contributed by atoms with E-state index in [1.165, 1.54) is 12.1 Å². The number of benzene rings is 2. The molecule has 0 aliphatic carbocycles. The Morgan fingerprint density at radius 2 is 1.65 bits per heavy atom. The first kappa shape index (κ1) is 14.8. The van der Waals surface area contributed by atoms with Gasteiger partial charge in [-0.2, -0.15) is 0 Å². The molecular formula is C14H12Cl2N2O2. The molecule has 20 heavy (non-hydrogen) atoms. The minimum Gasteiger partial charge on any atom is -0.308 e. The summed E-state index contributed by atoms with van der Waals surface area (Å²) in [6.07, 6.45) is 0. The molecule has 0 unspecified atom stereocenters. The van der Waals surface area contributed by atoms with Crippen molar-refractivity contribution in [3.05, 3.63) is 73.8 Å². The fraction of sp³-hybridized carbons (Fsp3) is 0.143. The van der Waals surface area contributed by atoms with E-state index >= 15 is 0 Å². The Morgan fingerprint density at radius 3 is 2.30 bits per heavy atom. The van der Waals surface area contributed by atoms with Crippen molar-refractivity contribution in [2.45, 2.75) is 13.1 Å². The molecule has 2 rings (SSSR count). The molecule has 6 heteroatoms. The van der Waals surface area contributed by atoms with E-state index in [0.717, 1.165) is 5.56 Å². The van der Waals surface area contributed by atoms with Crippen LogP contribution in [-0.4, -0.2) is 4.92 Å². The standard InChI is InChI=1S/C14H12Cl2N2O2/c15-12-3-1-10(2-4-12)8-17-9-11-7-13(16)5-6-14(11)18(19)20/h1-7,17H,8-9H2. The molecule has 0 atom stereocenters. The van der Waals surface area contributed by atoms with Crippen LogP contribution in [0.3, 0.4) is 0 Å². The average molecular weight is 311 g/mol. The van der Waals surface area contributed by atoms with Crippen molar-refractivity contribution in [3.8, 4) is 0 Å². The number of nitrogens with one attached hydrogen (secondary N) is 1. The van der Waals surface area contributed by atoms with Gasteiger partial charge in [-0.15, -0.1) is 0 Å². The normalized spacial score (nSPS) is 10.5. The summed E-state index contributed by atoms with van der Waals surface area (Å²) in [5.41, 5.74) is 1.69. The molecule has 1 N–H and O–H groups in total. The first-order valence-electron chi connectivity index (χ1n) is 5.94. The highest BCUT2D eigenvalue weighted by molar-refractivity contribution is 6.30. The average Bonchev–Trinajstić information content (AvgIpc) is 2.41. The van der Waals surface area contributed by atoms with Crippen LogP contribution in [-0.2, 0) is 13.1 Å². The van der Waals surface area contributed by atoms with Gasteiger partial charge in [0.25, 0.3) is 5.69 Å². The molecule has 0 bridgehead atoms. The van der Waals surface area contributed by atoms with Crippen molar-refractivity contribution in [1.29, 1.82) is 0 Å². The van der Waals surface area contributed by atoms with E-state index < -0.39 is 4.92 Å². The summed E-state index contributed by atoms with van der Waals surface area (Å²) in [5.74, 6) is 0. The zero-order valence-electron chi connectivity index (χ0n) is 10.5. The number of rotatable bonds is 5.